The van der Waals surface area contributed by atoms with Crippen LogP contribution in [0.4, 0.5) is 0 Å². The summed E-state index contributed by atoms with van der Waals surface area (Å²) < 4.78 is 5.29. The number of carbonyl (C=O) groups is 3. The summed E-state index contributed by atoms with van der Waals surface area (Å²) in [5.41, 5.74) is -1.56. The van der Waals surface area contributed by atoms with Crippen LogP contribution < -0.4 is 5.32 Å². The largest absolute Gasteiger partial charge is 0.478 e. The van der Waals surface area contributed by atoms with E-state index in [1.807, 2.05) is 6.08 Å². The first-order valence-electron chi connectivity index (χ1n) is 10.5. The normalized spacial score (nSPS) is 29.3. The molecule has 7 nitrogen and oxygen atoms in total. The van der Waals surface area contributed by atoms with Gasteiger partial charge in [0.1, 0.15) is 11.7 Å². The van der Waals surface area contributed by atoms with E-state index in [0.29, 0.717) is 5.92 Å². The number of carbonyl (C=O) groups excluding carboxylic acids is 2. The molecule has 3 rings (SSSR count). The van der Waals surface area contributed by atoms with Gasteiger partial charge in [-0.25, -0.2) is 4.79 Å². The summed E-state index contributed by atoms with van der Waals surface area (Å²) >= 11 is 0. The lowest BCUT2D eigenvalue weighted by Crippen LogP contribution is -2.42. The molecule has 1 amide bonds. The number of carboxylic acid groups (broad SMARTS) is 1. The highest BCUT2D eigenvalue weighted by Gasteiger charge is 2.59. The summed E-state index contributed by atoms with van der Waals surface area (Å²) in [7, 11) is 0. The molecule has 164 valence electrons. The quantitative estimate of drug-likeness (QED) is 0.313. The van der Waals surface area contributed by atoms with Gasteiger partial charge in [0.2, 0.25) is 11.7 Å². The van der Waals surface area contributed by atoms with Crippen LogP contribution in [0, 0.1) is 5.92 Å². The highest BCUT2D eigenvalue weighted by atomic mass is 16.6. The first-order valence-corrected chi connectivity index (χ1v) is 10.5. The molecular weight excluding hydrogens is 398 g/mol. The Balaban J connectivity index is 1.59. The van der Waals surface area contributed by atoms with E-state index in [1.54, 1.807) is 12.2 Å². The second-order valence-corrected chi connectivity index (χ2v) is 7.86. The number of allylic oxidation sites excluding steroid dienone is 7. The lowest BCUT2D eigenvalue weighted by atomic mass is 9.88. The fourth-order valence-corrected chi connectivity index (χ4v) is 3.78. The zero-order valence-electron chi connectivity index (χ0n) is 17.1. The highest BCUT2D eigenvalue weighted by molar-refractivity contribution is 6.06. The molecule has 3 atom stereocenters. The van der Waals surface area contributed by atoms with Crippen molar-refractivity contribution in [3.63, 3.8) is 0 Å². The predicted molar refractivity (Wildman–Crippen MR) is 115 cm³/mol. The maximum absolute atomic E-state index is 12.3. The first-order chi connectivity index (χ1) is 14.9. The number of nitrogens with one attached hydrogen (secondary N) is 1. The van der Waals surface area contributed by atoms with Crippen molar-refractivity contribution in [1.82, 2.24) is 5.32 Å². The van der Waals surface area contributed by atoms with Gasteiger partial charge >= 0.3 is 5.97 Å². The molecule has 1 heterocycles. The summed E-state index contributed by atoms with van der Waals surface area (Å²) in [4.78, 5) is 35.0. The van der Waals surface area contributed by atoms with Gasteiger partial charge in [-0.3, -0.25) is 9.59 Å². The van der Waals surface area contributed by atoms with Crippen molar-refractivity contribution in [2.45, 2.75) is 49.9 Å². The Bertz CT molecular complexity index is 888. The Morgan fingerprint density at radius 1 is 1.03 bits per heavy atom. The van der Waals surface area contributed by atoms with Crippen LogP contribution in [0.5, 0.6) is 0 Å². The van der Waals surface area contributed by atoms with E-state index in [4.69, 9.17) is 9.84 Å². The molecule has 3 aliphatic rings. The average Bonchev–Trinajstić information content (AvgIpc) is 3.55. The lowest BCUT2D eigenvalue weighted by Gasteiger charge is -2.23. The molecule has 0 aromatic rings. The predicted octanol–water partition coefficient (Wildman–Crippen LogP) is 2.51. The minimum atomic E-state index is -1.55. The second-order valence-electron chi connectivity index (χ2n) is 7.86. The molecule has 0 aromatic heterocycles. The summed E-state index contributed by atoms with van der Waals surface area (Å²) in [6.07, 6.45) is 21.2. The zero-order chi connectivity index (χ0) is 22.3. The van der Waals surface area contributed by atoms with Gasteiger partial charge in [0, 0.05) is 12.2 Å². The number of ketones is 1. The maximum atomic E-state index is 12.3. The summed E-state index contributed by atoms with van der Waals surface area (Å²) in [6.45, 7) is 0. The number of aliphatic hydroxyl groups is 1. The van der Waals surface area contributed by atoms with Crippen LogP contribution in [0.3, 0.4) is 0 Å². The Kier molecular flexibility index (Phi) is 7.55. The van der Waals surface area contributed by atoms with E-state index in [9.17, 15) is 19.5 Å². The van der Waals surface area contributed by atoms with Gasteiger partial charge in [-0.15, -0.1) is 0 Å². The monoisotopic (exact) mass is 425 g/mol. The number of Topliss-reactive ketones (excluding diaryl/α,β-unsaturated/α-hetero) is 1. The Morgan fingerprint density at radius 2 is 1.74 bits per heavy atom. The van der Waals surface area contributed by atoms with Crippen molar-refractivity contribution in [1.29, 1.82) is 0 Å². The minimum Gasteiger partial charge on any atom is -0.478 e. The minimum absolute atomic E-state index is 0.00781. The number of hydrogen-bond donors (Lipinski definition) is 3. The third-order valence-electron chi connectivity index (χ3n) is 5.43. The first kappa shape index (κ1) is 22.7. The van der Waals surface area contributed by atoms with Crippen molar-refractivity contribution >= 4 is 17.7 Å². The van der Waals surface area contributed by atoms with Gasteiger partial charge in [0.25, 0.3) is 0 Å². The molecule has 31 heavy (non-hydrogen) atoms. The molecule has 0 aromatic carbocycles. The Hall–Kier alpha value is -3.03. The molecule has 7 heteroatoms. The van der Waals surface area contributed by atoms with Crippen LogP contribution in [-0.2, 0) is 19.1 Å². The van der Waals surface area contributed by atoms with Crippen molar-refractivity contribution in [3.8, 4) is 0 Å². The maximum Gasteiger partial charge on any atom is 0.328 e. The molecule has 0 bridgehead atoms. The molecule has 3 N–H and O–H groups in total. The zero-order valence-corrected chi connectivity index (χ0v) is 17.1. The molecule has 1 saturated carbocycles. The fraction of sp³-hybridized carbons (Fsp3) is 0.375. The molecule has 2 fully saturated rings. The Labute approximate surface area is 181 Å². The number of carboxylic acids is 1. The van der Waals surface area contributed by atoms with Gasteiger partial charge in [0.15, 0.2) is 6.10 Å². The van der Waals surface area contributed by atoms with Gasteiger partial charge < -0.3 is 20.3 Å². The number of ether oxygens (including phenoxy) is 1. The third-order valence-corrected chi connectivity index (χ3v) is 5.43. The van der Waals surface area contributed by atoms with Crippen LogP contribution in [0.25, 0.3) is 0 Å². The third kappa shape index (κ3) is 6.47. The van der Waals surface area contributed by atoms with Gasteiger partial charge in [-0.2, -0.15) is 0 Å². The number of fused-ring (bicyclic) bond motifs is 1. The van der Waals surface area contributed by atoms with Crippen LogP contribution in [0.2, 0.25) is 0 Å². The number of rotatable bonds is 8. The molecule has 0 unspecified atom stereocenters. The molecule has 1 saturated heterocycles. The van der Waals surface area contributed by atoms with Gasteiger partial charge in [0.05, 0.1) is 5.70 Å². The van der Waals surface area contributed by atoms with Crippen molar-refractivity contribution in [2.75, 3.05) is 0 Å². The SMILES string of the molecule is O=C(O)/C=C/C=C/C=C/[C@]1(O)C=C(NC(=O)/C=C/C=C/C2CCCCC2)C(=O)[C@H]2O[C@H]21. The highest BCUT2D eigenvalue weighted by Crippen LogP contribution is 2.40. The molecule has 0 radical (unpaired) electrons. The van der Waals surface area contributed by atoms with Gasteiger partial charge in [-0.1, -0.05) is 61.8 Å². The lowest BCUT2D eigenvalue weighted by molar-refractivity contribution is -0.131. The van der Waals surface area contributed by atoms with Crippen LogP contribution in [0.1, 0.15) is 32.1 Å². The second kappa shape index (κ2) is 10.3. The molecule has 2 aliphatic carbocycles. The van der Waals surface area contributed by atoms with E-state index >= 15 is 0 Å². The van der Waals surface area contributed by atoms with E-state index in [-0.39, 0.29) is 11.5 Å². The molecule has 0 spiro atoms. The number of hydrogen-bond acceptors (Lipinski definition) is 5. The summed E-state index contributed by atoms with van der Waals surface area (Å²) in [6, 6.07) is 0. The van der Waals surface area contributed by atoms with E-state index < -0.39 is 29.7 Å². The summed E-state index contributed by atoms with van der Waals surface area (Å²) in [5.74, 6) is -1.34. The number of amides is 1. The standard InChI is InChI=1S/C24H27NO6/c26-19(13-8-7-12-17-10-4-3-5-11-17)25-18-16-24(30,23-22(31-23)21(18)29)15-9-2-1-6-14-20(27)28/h1-2,6-9,12-17,22-23,30H,3-5,10-11H2,(H,25,26)(H,27,28)/b2-1+,12-7+,13-8+,14-6+,15-9+/t22-,23-,24+/m1/s1. The van der Waals surface area contributed by atoms with Crippen LogP contribution in [-0.4, -0.2) is 45.7 Å². The van der Waals surface area contributed by atoms with Gasteiger partial charge in [-0.05, 0) is 30.9 Å². The average molecular weight is 425 g/mol. The molecular formula is C24H27NO6. The van der Waals surface area contributed by atoms with Crippen LogP contribution >= 0.6 is 0 Å². The van der Waals surface area contributed by atoms with Crippen molar-refractivity contribution < 1.29 is 29.3 Å². The topological polar surface area (TPSA) is 116 Å². The Morgan fingerprint density at radius 3 is 2.48 bits per heavy atom. The van der Waals surface area contributed by atoms with Crippen LogP contribution in [0.15, 0.2) is 72.5 Å². The van der Waals surface area contributed by atoms with E-state index in [0.717, 1.165) is 6.08 Å². The molecule has 1 aliphatic heterocycles. The van der Waals surface area contributed by atoms with Crippen molar-refractivity contribution in [2.24, 2.45) is 5.92 Å². The number of aliphatic carboxylic acids is 1. The van der Waals surface area contributed by atoms with E-state index in [1.165, 1.54) is 68.6 Å². The smallest absolute Gasteiger partial charge is 0.328 e. The number of epoxide rings is 1. The fourth-order valence-electron chi connectivity index (χ4n) is 3.78. The summed E-state index contributed by atoms with van der Waals surface area (Å²) in [5, 5.41) is 21.9. The van der Waals surface area contributed by atoms with Crippen molar-refractivity contribution in [3.05, 3.63) is 72.5 Å². The van der Waals surface area contributed by atoms with E-state index in [2.05, 4.69) is 11.4 Å².